The van der Waals surface area contributed by atoms with E-state index in [0.717, 1.165) is 0 Å². The van der Waals surface area contributed by atoms with Gasteiger partial charge in [-0.2, -0.15) is 0 Å². The minimum atomic E-state index is 0.648. The number of rotatable bonds is 22. The van der Waals surface area contributed by atoms with Crippen molar-refractivity contribution in [3.63, 3.8) is 0 Å². The highest BCUT2D eigenvalue weighted by Gasteiger charge is 1.96. The minimum Gasteiger partial charge on any atom is -0.0654 e. The van der Waals surface area contributed by atoms with E-state index >= 15 is 0 Å². The summed E-state index contributed by atoms with van der Waals surface area (Å²) in [5, 5.41) is 0. The van der Waals surface area contributed by atoms with Gasteiger partial charge in [-0.25, -0.2) is 0 Å². The maximum absolute atomic E-state index is 4.06. The second-order valence-corrected chi connectivity index (χ2v) is 8.96. The zero-order chi connectivity index (χ0) is 19.1. The minimum absolute atomic E-state index is 0.648. The van der Waals surface area contributed by atoms with Crippen LogP contribution in [0.3, 0.4) is 0 Å². The summed E-state index contributed by atoms with van der Waals surface area (Å²) in [5.41, 5.74) is 0. The van der Waals surface area contributed by atoms with Gasteiger partial charge in [-0.05, 0) is 5.92 Å². The molecule has 0 aromatic heterocycles. The maximum atomic E-state index is 4.06. The number of hydrogen-bond acceptors (Lipinski definition) is 0. The van der Waals surface area contributed by atoms with Gasteiger partial charge in [0, 0.05) is 0 Å². The van der Waals surface area contributed by atoms with Crippen molar-refractivity contribution in [1.82, 2.24) is 0 Å². The molecule has 0 saturated heterocycles. The molecule has 0 fully saturated rings. The Balaban J connectivity index is 2.97. The predicted molar refractivity (Wildman–Crippen MR) is 122 cm³/mol. The Morgan fingerprint density at radius 1 is 0.423 bits per heavy atom. The average Bonchev–Trinajstić information content (AvgIpc) is 2.62. The van der Waals surface area contributed by atoms with Crippen LogP contribution in [0.15, 0.2) is 0 Å². The first-order valence-corrected chi connectivity index (χ1v) is 12.6. The molecule has 0 aliphatic heterocycles. The fourth-order valence-electron chi connectivity index (χ4n) is 3.92. The van der Waals surface area contributed by atoms with Gasteiger partial charge in [-0.1, -0.05) is 162 Å². The zero-order valence-corrected chi connectivity index (χ0v) is 18.8. The molecule has 0 heteroatoms. The molecule has 0 heterocycles. The van der Waals surface area contributed by atoms with Crippen molar-refractivity contribution < 1.29 is 0 Å². The molecule has 0 nitrogen and oxygen atoms in total. The lowest BCUT2D eigenvalue weighted by Crippen LogP contribution is -1.87. The summed E-state index contributed by atoms with van der Waals surface area (Å²) in [5.74, 6) is 0.648. The van der Waals surface area contributed by atoms with Crippen LogP contribution in [0.25, 0.3) is 0 Å². The van der Waals surface area contributed by atoms with Crippen molar-refractivity contribution in [3.05, 3.63) is 6.92 Å². The van der Waals surface area contributed by atoms with Crippen LogP contribution in [0.4, 0.5) is 0 Å². The molecule has 0 spiro atoms. The quantitative estimate of drug-likeness (QED) is 0.167. The SMILES string of the molecule is [CH2]C(C)CCCCCCCCCCCCCCCCCCCCCCC. The van der Waals surface area contributed by atoms with Crippen LogP contribution >= 0.6 is 0 Å². The molecule has 1 radical (unpaired) electrons. The van der Waals surface area contributed by atoms with E-state index in [1.165, 1.54) is 141 Å². The second kappa shape index (κ2) is 23.0. The standard InChI is InChI=1S/C26H53/c1-4-5-6-7-8-9-10-11-12-13-14-15-16-17-18-19-20-21-22-23-24-25-26(2)3/h26H,2,4-25H2,1,3H3. The first kappa shape index (κ1) is 26.0. The Kier molecular flexibility index (Phi) is 23.0. The molecule has 0 bridgehead atoms. The van der Waals surface area contributed by atoms with E-state index in [1.54, 1.807) is 0 Å². The summed E-state index contributed by atoms with van der Waals surface area (Å²) in [6.07, 6.45) is 32.1. The molecule has 0 amide bonds. The van der Waals surface area contributed by atoms with Crippen LogP contribution in [-0.4, -0.2) is 0 Å². The van der Waals surface area contributed by atoms with Gasteiger partial charge in [0.05, 0.1) is 0 Å². The van der Waals surface area contributed by atoms with Gasteiger partial charge in [0.25, 0.3) is 0 Å². The highest BCUT2D eigenvalue weighted by atomic mass is 14.0. The highest BCUT2D eigenvalue weighted by molar-refractivity contribution is 4.55. The van der Waals surface area contributed by atoms with E-state index in [0.29, 0.717) is 5.92 Å². The molecule has 0 rings (SSSR count). The Bertz CT molecular complexity index is 230. The van der Waals surface area contributed by atoms with E-state index in [-0.39, 0.29) is 0 Å². The summed E-state index contributed by atoms with van der Waals surface area (Å²) >= 11 is 0. The van der Waals surface area contributed by atoms with Crippen molar-refractivity contribution in [2.75, 3.05) is 0 Å². The molecule has 26 heavy (non-hydrogen) atoms. The smallest absolute Gasteiger partial charge is 0.0443 e. The number of unbranched alkanes of at least 4 members (excludes halogenated alkanes) is 20. The third kappa shape index (κ3) is 24.0. The summed E-state index contributed by atoms with van der Waals surface area (Å²) in [6.45, 7) is 8.59. The molecule has 0 aromatic carbocycles. The van der Waals surface area contributed by atoms with E-state index in [9.17, 15) is 0 Å². The van der Waals surface area contributed by atoms with Crippen molar-refractivity contribution >= 4 is 0 Å². The van der Waals surface area contributed by atoms with E-state index in [4.69, 9.17) is 0 Å². The van der Waals surface area contributed by atoms with Crippen molar-refractivity contribution in [2.45, 2.75) is 155 Å². The molecular weight excluding hydrogens is 312 g/mol. The van der Waals surface area contributed by atoms with E-state index in [2.05, 4.69) is 20.8 Å². The van der Waals surface area contributed by atoms with Gasteiger partial charge >= 0.3 is 0 Å². The third-order valence-electron chi connectivity index (χ3n) is 5.80. The molecule has 1 atom stereocenters. The third-order valence-corrected chi connectivity index (χ3v) is 5.80. The average molecular weight is 366 g/mol. The van der Waals surface area contributed by atoms with Crippen LogP contribution in [0.2, 0.25) is 0 Å². The van der Waals surface area contributed by atoms with Gasteiger partial charge in [-0.3, -0.25) is 0 Å². The normalized spacial score (nSPS) is 11.5. The lowest BCUT2D eigenvalue weighted by Gasteiger charge is -2.05. The van der Waals surface area contributed by atoms with Crippen molar-refractivity contribution in [3.8, 4) is 0 Å². The molecule has 157 valence electrons. The molecule has 1 unspecified atom stereocenters. The second-order valence-electron chi connectivity index (χ2n) is 8.96. The first-order valence-electron chi connectivity index (χ1n) is 12.6. The molecule has 0 saturated carbocycles. The van der Waals surface area contributed by atoms with E-state index in [1.807, 2.05) is 0 Å². The Labute approximate surface area is 168 Å². The predicted octanol–water partition coefficient (Wildman–Crippen LogP) is 10.1. The van der Waals surface area contributed by atoms with Crippen molar-refractivity contribution in [1.29, 1.82) is 0 Å². The van der Waals surface area contributed by atoms with Gasteiger partial charge in [-0.15, -0.1) is 0 Å². The molecular formula is C26H53. The topological polar surface area (TPSA) is 0 Å². The van der Waals surface area contributed by atoms with E-state index < -0.39 is 0 Å². The fraction of sp³-hybridized carbons (Fsp3) is 0.962. The fourth-order valence-corrected chi connectivity index (χ4v) is 3.92. The molecule has 0 N–H and O–H groups in total. The molecule has 0 aliphatic carbocycles. The van der Waals surface area contributed by atoms with Gasteiger partial charge < -0.3 is 0 Å². The van der Waals surface area contributed by atoms with Crippen LogP contribution in [0.5, 0.6) is 0 Å². The molecule has 0 aliphatic rings. The zero-order valence-electron chi connectivity index (χ0n) is 18.8. The maximum Gasteiger partial charge on any atom is -0.0443 e. The van der Waals surface area contributed by atoms with Gasteiger partial charge in [0.1, 0.15) is 0 Å². The van der Waals surface area contributed by atoms with Crippen LogP contribution in [-0.2, 0) is 0 Å². The first-order chi connectivity index (χ1) is 12.8. The van der Waals surface area contributed by atoms with Crippen molar-refractivity contribution in [2.24, 2.45) is 5.92 Å². The summed E-state index contributed by atoms with van der Waals surface area (Å²) in [6, 6.07) is 0. The summed E-state index contributed by atoms with van der Waals surface area (Å²) in [7, 11) is 0. The summed E-state index contributed by atoms with van der Waals surface area (Å²) in [4.78, 5) is 0. The van der Waals surface area contributed by atoms with Gasteiger partial charge in [0.2, 0.25) is 0 Å². The molecule has 0 aromatic rings. The van der Waals surface area contributed by atoms with Crippen LogP contribution in [0, 0.1) is 12.8 Å². The van der Waals surface area contributed by atoms with Crippen LogP contribution in [0.1, 0.15) is 155 Å². The number of hydrogen-bond donors (Lipinski definition) is 0. The highest BCUT2D eigenvalue weighted by Crippen LogP contribution is 2.15. The van der Waals surface area contributed by atoms with Crippen LogP contribution < -0.4 is 0 Å². The Morgan fingerprint density at radius 2 is 0.654 bits per heavy atom. The summed E-state index contributed by atoms with van der Waals surface area (Å²) < 4.78 is 0. The Hall–Kier alpha value is 0. The van der Waals surface area contributed by atoms with Gasteiger partial charge in [0.15, 0.2) is 0 Å². The Morgan fingerprint density at radius 3 is 0.885 bits per heavy atom. The lowest BCUT2D eigenvalue weighted by atomic mass is 10.0. The monoisotopic (exact) mass is 365 g/mol. The largest absolute Gasteiger partial charge is 0.0654 e. The lowest BCUT2D eigenvalue weighted by molar-refractivity contribution is 0.512.